The second kappa shape index (κ2) is 8.39. The largest absolute Gasteiger partial charge is 0.380 e. The van der Waals surface area contributed by atoms with E-state index in [0.717, 1.165) is 31.6 Å². The summed E-state index contributed by atoms with van der Waals surface area (Å²) in [4.78, 5) is 0.358. The third kappa shape index (κ3) is 6.03. The number of unbranched alkanes of at least 4 members (excludes halogenated alkanes) is 1. The lowest BCUT2D eigenvalue weighted by molar-refractivity contribution is 0.131. The fraction of sp³-hybridized carbons (Fsp3) is 0.600. The normalized spacial score (nSPS) is 13.3. The lowest BCUT2D eigenvalue weighted by Gasteiger charge is -2.14. The second-order valence-electron chi connectivity index (χ2n) is 4.98. The van der Waals surface area contributed by atoms with Crippen LogP contribution in [0.15, 0.2) is 29.2 Å². The maximum absolute atomic E-state index is 11.4. The molecule has 0 aliphatic rings. The number of ether oxygens (including phenoxy) is 1. The minimum Gasteiger partial charge on any atom is -0.380 e. The van der Waals surface area contributed by atoms with Crippen LogP contribution in [0.3, 0.4) is 0 Å². The molecule has 1 rings (SSSR count). The number of rotatable bonds is 9. The van der Waals surface area contributed by atoms with Crippen molar-refractivity contribution in [3.8, 4) is 0 Å². The maximum Gasteiger partial charge on any atom is 0.175 e. The van der Waals surface area contributed by atoms with Gasteiger partial charge in [-0.05, 0) is 31.0 Å². The summed E-state index contributed by atoms with van der Waals surface area (Å²) in [6.07, 6.45) is 3.47. The standard InChI is InChI=1S/C15H25NO3S/c1-4-5-11-19-12-10-16-13(2)14-6-8-15(9-7-14)20(3,17)18/h6-9,13,16H,4-5,10-12H2,1-3H3. The van der Waals surface area contributed by atoms with Gasteiger partial charge in [-0.3, -0.25) is 0 Å². The molecule has 20 heavy (non-hydrogen) atoms. The van der Waals surface area contributed by atoms with Crippen LogP contribution in [-0.2, 0) is 14.6 Å². The summed E-state index contributed by atoms with van der Waals surface area (Å²) in [5.41, 5.74) is 1.07. The molecule has 0 radical (unpaired) electrons. The molecule has 1 unspecified atom stereocenters. The van der Waals surface area contributed by atoms with Gasteiger partial charge in [0.2, 0.25) is 0 Å². The van der Waals surface area contributed by atoms with Crippen LogP contribution in [0, 0.1) is 0 Å². The van der Waals surface area contributed by atoms with Gasteiger partial charge in [0.15, 0.2) is 9.84 Å². The lowest BCUT2D eigenvalue weighted by Crippen LogP contribution is -2.23. The Hall–Kier alpha value is -0.910. The first kappa shape index (κ1) is 17.1. The molecule has 0 aliphatic carbocycles. The quantitative estimate of drug-likeness (QED) is 0.712. The Balaban J connectivity index is 2.38. The molecule has 1 aromatic rings. The molecule has 0 saturated carbocycles. The van der Waals surface area contributed by atoms with E-state index < -0.39 is 9.84 Å². The highest BCUT2D eigenvalue weighted by Gasteiger charge is 2.09. The zero-order valence-electron chi connectivity index (χ0n) is 12.6. The summed E-state index contributed by atoms with van der Waals surface area (Å²) >= 11 is 0. The number of benzene rings is 1. The molecule has 0 amide bonds. The molecule has 4 nitrogen and oxygen atoms in total. The Morgan fingerprint density at radius 3 is 2.40 bits per heavy atom. The molecule has 114 valence electrons. The van der Waals surface area contributed by atoms with Crippen molar-refractivity contribution in [2.45, 2.75) is 37.6 Å². The molecule has 0 heterocycles. The molecule has 0 saturated heterocycles. The van der Waals surface area contributed by atoms with Gasteiger partial charge in [0.1, 0.15) is 0 Å². The van der Waals surface area contributed by atoms with Crippen molar-refractivity contribution < 1.29 is 13.2 Å². The SMILES string of the molecule is CCCCOCCNC(C)c1ccc(S(C)(=O)=O)cc1. The Kier molecular flexibility index (Phi) is 7.19. The zero-order valence-corrected chi connectivity index (χ0v) is 13.4. The van der Waals surface area contributed by atoms with Crippen molar-refractivity contribution in [1.29, 1.82) is 0 Å². The van der Waals surface area contributed by atoms with E-state index in [4.69, 9.17) is 4.74 Å². The van der Waals surface area contributed by atoms with Crippen molar-refractivity contribution in [1.82, 2.24) is 5.32 Å². The van der Waals surface area contributed by atoms with E-state index in [0.29, 0.717) is 11.5 Å². The first-order valence-electron chi connectivity index (χ1n) is 7.06. The molecule has 1 atom stereocenters. The Bertz CT molecular complexity index is 482. The average Bonchev–Trinajstić information content (AvgIpc) is 2.41. The zero-order chi connectivity index (χ0) is 15.0. The van der Waals surface area contributed by atoms with Gasteiger partial charge in [0, 0.05) is 25.4 Å². The predicted molar refractivity (Wildman–Crippen MR) is 81.7 cm³/mol. The van der Waals surface area contributed by atoms with Crippen molar-refractivity contribution in [2.24, 2.45) is 0 Å². The summed E-state index contributed by atoms with van der Waals surface area (Å²) in [6, 6.07) is 7.19. The molecule has 0 bridgehead atoms. The van der Waals surface area contributed by atoms with E-state index in [2.05, 4.69) is 19.2 Å². The van der Waals surface area contributed by atoms with Crippen LogP contribution in [0.1, 0.15) is 38.3 Å². The van der Waals surface area contributed by atoms with E-state index in [1.807, 2.05) is 12.1 Å². The van der Waals surface area contributed by atoms with Gasteiger partial charge in [-0.15, -0.1) is 0 Å². The topological polar surface area (TPSA) is 55.4 Å². The third-order valence-corrected chi connectivity index (χ3v) is 4.28. The summed E-state index contributed by atoms with van der Waals surface area (Å²) in [7, 11) is -3.12. The molecule has 1 aromatic carbocycles. The van der Waals surface area contributed by atoms with E-state index in [1.54, 1.807) is 12.1 Å². The highest BCUT2D eigenvalue weighted by molar-refractivity contribution is 7.90. The van der Waals surface area contributed by atoms with Gasteiger partial charge in [0.05, 0.1) is 11.5 Å². The Morgan fingerprint density at radius 1 is 1.20 bits per heavy atom. The van der Waals surface area contributed by atoms with Crippen molar-refractivity contribution in [2.75, 3.05) is 26.0 Å². The molecule has 0 aliphatic heterocycles. The first-order chi connectivity index (χ1) is 9.45. The fourth-order valence-electron chi connectivity index (χ4n) is 1.82. The molecular weight excluding hydrogens is 274 g/mol. The van der Waals surface area contributed by atoms with Gasteiger partial charge in [-0.25, -0.2) is 8.42 Å². The van der Waals surface area contributed by atoms with Gasteiger partial charge < -0.3 is 10.1 Å². The number of nitrogens with one attached hydrogen (secondary N) is 1. The second-order valence-corrected chi connectivity index (χ2v) is 7.00. The van der Waals surface area contributed by atoms with E-state index in [-0.39, 0.29) is 6.04 Å². The summed E-state index contributed by atoms with van der Waals surface area (Å²) in [6.45, 7) is 6.51. The minimum absolute atomic E-state index is 0.179. The number of sulfone groups is 1. The van der Waals surface area contributed by atoms with Crippen LogP contribution < -0.4 is 5.32 Å². The van der Waals surface area contributed by atoms with Crippen molar-refractivity contribution in [3.05, 3.63) is 29.8 Å². The fourth-order valence-corrected chi connectivity index (χ4v) is 2.45. The van der Waals surface area contributed by atoms with Gasteiger partial charge in [0.25, 0.3) is 0 Å². The highest BCUT2D eigenvalue weighted by atomic mass is 32.2. The van der Waals surface area contributed by atoms with Crippen LogP contribution in [0.4, 0.5) is 0 Å². The average molecular weight is 299 g/mol. The molecule has 0 aromatic heterocycles. The maximum atomic E-state index is 11.4. The van der Waals surface area contributed by atoms with Crippen LogP contribution >= 0.6 is 0 Å². The number of hydrogen-bond acceptors (Lipinski definition) is 4. The Labute approximate surface area is 122 Å². The van der Waals surface area contributed by atoms with E-state index in [1.165, 1.54) is 6.26 Å². The van der Waals surface area contributed by atoms with Crippen LogP contribution in [-0.4, -0.2) is 34.4 Å². The van der Waals surface area contributed by atoms with Crippen molar-refractivity contribution >= 4 is 9.84 Å². The van der Waals surface area contributed by atoms with Gasteiger partial charge in [-0.1, -0.05) is 25.5 Å². The summed E-state index contributed by atoms with van der Waals surface area (Å²) < 4.78 is 28.2. The summed E-state index contributed by atoms with van der Waals surface area (Å²) in [5, 5.41) is 3.36. The van der Waals surface area contributed by atoms with Gasteiger partial charge >= 0.3 is 0 Å². The molecule has 5 heteroatoms. The molecule has 0 spiro atoms. The Morgan fingerprint density at radius 2 is 1.85 bits per heavy atom. The monoisotopic (exact) mass is 299 g/mol. The molecule has 0 fully saturated rings. The lowest BCUT2D eigenvalue weighted by atomic mass is 10.1. The summed E-state index contributed by atoms with van der Waals surface area (Å²) in [5.74, 6) is 0. The van der Waals surface area contributed by atoms with Gasteiger partial charge in [-0.2, -0.15) is 0 Å². The number of hydrogen-bond donors (Lipinski definition) is 1. The molecule has 1 N–H and O–H groups in total. The highest BCUT2D eigenvalue weighted by Crippen LogP contribution is 2.15. The minimum atomic E-state index is -3.12. The van der Waals surface area contributed by atoms with Crippen LogP contribution in [0.5, 0.6) is 0 Å². The smallest absolute Gasteiger partial charge is 0.175 e. The van der Waals surface area contributed by atoms with Crippen LogP contribution in [0.2, 0.25) is 0 Å². The third-order valence-electron chi connectivity index (χ3n) is 3.15. The molecular formula is C15H25NO3S. The van der Waals surface area contributed by atoms with E-state index in [9.17, 15) is 8.42 Å². The first-order valence-corrected chi connectivity index (χ1v) is 8.95. The van der Waals surface area contributed by atoms with Crippen LogP contribution in [0.25, 0.3) is 0 Å². The van der Waals surface area contributed by atoms with E-state index >= 15 is 0 Å². The predicted octanol–water partition coefficient (Wildman–Crippen LogP) is 2.56. The van der Waals surface area contributed by atoms with Crippen molar-refractivity contribution in [3.63, 3.8) is 0 Å².